The van der Waals surface area contributed by atoms with Crippen LogP contribution in [0.2, 0.25) is 4.34 Å². The van der Waals surface area contributed by atoms with Gasteiger partial charge in [0.1, 0.15) is 11.6 Å². The molecule has 1 aromatic carbocycles. The van der Waals surface area contributed by atoms with E-state index in [1.807, 2.05) is 6.07 Å². The lowest BCUT2D eigenvalue weighted by atomic mass is 10.3. The fourth-order valence-corrected chi connectivity index (χ4v) is 3.33. The molecule has 0 unspecified atom stereocenters. The van der Waals surface area contributed by atoms with Gasteiger partial charge in [0.2, 0.25) is 0 Å². The van der Waals surface area contributed by atoms with Crippen LogP contribution in [0.15, 0.2) is 41.3 Å². The Hall–Kier alpha value is -0.840. The first-order valence-electron chi connectivity index (χ1n) is 5.28. The number of thioether (sulfide) groups is 1. The van der Waals surface area contributed by atoms with Gasteiger partial charge in [-0.15, -0.1) is 23.1 Å². The molecular weight excluding hydrogens is 291 g/mol. The summed E-state index contributed by atoms with van der Waals surface area (Å²) < 4.78 is 13.6. The number of Topliss-reactive ketones (excluding diaryl/α,β-unsaturated/α-hetero) is 1. The molecule has 0 radical (unpaired) electrons. The predicted octanol–water partition coefficient (Wildman–Crippen LogP) is 4.44. The first-order chi connectivity index (χ1) is 8.63. The van der Waals surface area contributed by atoms with Gasteiger partial charge in [0.25, 0.3) is 0 Å². The van der Waals surface area contributed by atoms with Crippen molar-refractivity contribution in [1.82, 2.24) is 0 Å². The zero-order chi connectivity index (χ0) is 13.0. The lowest BCUT2D eigenvalue weighted by molar-refractivity contribution is -0.115. The Balaban J connectivity index is 1.85. The minimum Gasteiger partial charge on any atom is -0.298 e. The third-order valence-electron chi connectivity index (χ3n) is 2.20. The number of hydrogen-bond acceptors (Lipinski definition) is 3. The summed E-state index contributed by atoms with van der Waals surface area (Å²) >= 11 is 8.56. The molecule has 18 heavy (non-hydrogen) atoms. The second-order valence-corrected chi connectivity index (χ2v) is 6.52. The number of ketones is 1. The van der Waals surface area contributed by atoms with Crippen LogP contribution < -0.4 is 0 Å². The highest BCUT2D eigenvalue weighted by Crippen LogP contribution is 2.23. The summed E-state index contributed by atoms with van der Waals surface area (Å²) in [5, 5.41) is 0. The van der Waals surface area contributed by atoms with Crippen LogP contribution in [-0.4, -0.2) is 11.5 Å². The summed E-state index contributed by atoms with van der Waals surface area (Å²) in [5.41, 5.74) is 0. The van der Waals surface area contributed by atoms with Gasteiger partial charge < -0.3 is 0 Å². The van der Waals surface area contributed by atoms with Crippen molar-refractivity contribution in [1.29, 1.82) is 0 Å². The summed E-state index contributed by atoms with van der Waals surface area (Å²) in [6.45, 7) is 0. The highest BCUT2D eigenvalue weighted by atomic mass is 35.5. The molecule has 5 heteroatoms. The van der Waals surface area contributed by atoms with Gasteiger partial charge in [0, 0.05) is 16.2 Å². The summed E-state index contributed by atoms with van der Waals surface area (Å²) in [6.07, 6.45) is 0.389. The van der Waals surface area contributed by atoms with Crippen LogP contribution in [0.1, 0.15) is 4.88 Å². The Bertz CT molecular complexity index is 553. The monoisotopic (exact) mass is 300 g/mol. The number of hydrogen-bond donors (Lipinski definition) is 0. The van der Waals surface area contributed by atoms with Gasteiger partial charge in [-0.2, -0.15) is 0 Å². The van der Waals surface area contributed by atoms with Crippen molar-refractivity contribution in [3.8, 4) is 0 Å². The molecule has 1 nitrogen and oxygen atoms in total. The normalized spacial score (nSPS) is 10.6. The van der Waals surface area contributed by atoms with Crippen molar-refractivity contribution >= 4 is 40.5 Å². The first kappa shape index (κ1) is 13.6. The maximum absolute atomic E-state index is 12.9. The molecule has 2 rings (SSSR count). The molecule has 0 saturated heterocycles. The van der Waals surface area contributed by atoms with Crippen molar-refractivity contribution in [3.05, 3.63) is 51.4 Å². The van der Waals surface area contributed by atoms with E-state index in [9.17, 15) is 9.18 Å². The zero-order valence-corrected chi connectivity index (χ0v) is 11.7. The second kappa shape index (κ2) is 6.36. The van der Waals surface area contributed by atoms with Gasteiger partial charge >= 0.3 is 0 Å². The quantitative estimate of drug-likeness (QED) is 0.759. The molecule has 1 aromatic heterocycles. The standard InChI is InChI=1S/C13H10ClFOS2/c14-13-5-4-12(18-13)7-10(16)8-17-11-3-1-2-9(15)6-11/h1-6H,7-8H2. The van der Waals surface area contributed by atoms with Crippen LogP contribution >= 0.6 is 34.7 Å². The molecule has 0 bridgehead atoms. The lowest BCUT2D eigenvalue weighted by Crippen LogP contribution is -2.04. The first-order valence-corrected chi connectivity index (χ1v) is 7.46. The van der Waals surface area contributed by atoms with Crippen LogP contribution in [0.5, 0.6) is 0 Å². The van der Waals surface area contributed by atoms with Gasteiger partial charge in [-0.3, -0.25) is 4.79 Å². The summed E-state index contributed by atoms with van der Waals surface area (Å²) in [5.74, 6) is 0.180. The maximum atomic E-state index is 12.9. The molecule has 0 atom stereocenters. The Morgan fingerprint density at radius 3 is 2.83 bits per heavy atom. The van der Waals surface area contributed by atoms with Gasteiger partial charge in [0.15, 0.2) is 0 Å². The minimum absolute atomic E-state index is 0.114. The molecular formula is C13H10ClFOS2. The second-order valence-electron chi connectivity index (χ2n) is 3.67. The third-order valence-corrected chi connectivity index (χ3v) is 4.48. The van der Waals surface area contributed by atoms with Crippen molar-refractivity contribution in [2.75, 3.05) is 5.75 Å². The van der Waals surface area contributed by atoms with E-state index in [2.05, 4.69) is 0 Å². The van der Waals surface area contributed by atoms with Gasteiger partial charge in [-0.1, -0.05) is 17.7 Å². The molecule has 0 spiro atoms. The molecule has 0 amide bonds. The SMILES string of the molecule is O=C(CSc1cccc(F)c1)Cc1ccc(Cl)s1. The van der Waals surface area contributed by atoms with E-state index in [4.69, 9.17) is 11.6 Å². The molecule has 0 saturated carbocycles. The molecule has 2 aromatic rings. The molecule has 94 valence electrons. The smallest absolute Gasteiger partial charge is 0.148 e. The number of rotatable bonds is 5. The molecule has 0 aliphatic rings. The fraction of sp³-hybridized carbons (Fsp3) is 0.154. The highest BCUT2D eigenvalue weighted by Gasteiger charge is 2.07. The average molecular weight is 301 g/mol. The predicted molar refractivity (Wildman–Crippen MR) is 75.2 cm³/mol. The van der Waals surface area contributed by atoms with Crippen LogP contribution in [-0.2, 0) is 11.2 Å². The number of halogens is 2. The summed E-state index contributed by atoms with van der Waals surface area (Å²) in [6, 6.07) is 9.90. The topological polar surface area (TPSA) is 17.1 Å². The van der Waals surface area contributed by atoms with E-state index in [1.54, 1.807) is 18.2 Å². The van der Waals surface area contributed by atoms with Crippen molar-refractivity contribution in [3.63, 3.8) is 0 Å². The fourth-order valence-electron chi connectivity index (χ4n) is 1.41. The number of thiophene rings is 1. The van der Waals surface area contributed by atoms with Crippen LogP contribution in [0, 0.1) is 5.82 Å². The number of carbonyl (C=O) groups is 1. The number of carbonyl (C=O) groups excluding carboxylic acids is 1. The average Bonchev–Trinajstić information content (AvgIpc) is 2.72. The van der Waals surface area contributed by atoms with Crippen molar-refractivity contribution < 1.29 is 9.18 Å². The van der Waals surface area contributed by atoms with E-state index < -0.39 is 0 Å². The minimum atomic E-state index is -0.280. The largest absolute Gasteiger partial charge is 0.298 e. The Kier molecular flexibility index (Phi) is 4.80. The van der Waals surface area contributed by atoms with Crippen LogP contribution in [0.25, 0.3) is 0 Å². The van der Waals surface area contributed by atoms with Crippen LogP contribution in [0.4, 0.5) is 4.39 Å². The Labute approximate surface area is 118 Å². The molecule has 0 aliphatic carbocycles. The summed E-state index contributed by atoms with van der Waals surface area (Å²) in [4.78, 5) is 13.5. The lowest BCUT2D eigenvalue weighted by Gasteiger charge is -2.00. The Morgan fingerprint density at radius 2 is 2.17 bits per heavy atom. The summed E-state index contributed by atoms with van der Waals surface area (Å²) in [7, 11) is 0. The van der Waals surface area contributed by atoms with Crippen molar-refractivity contribution in [2.24, 2.45) is 0 Å². The van der Waals surface area contributed by atoms with Gasteiger partial charge in [-0.25, -0.2) is 4.39 Å². The van der Waals surface area contributed by atoms with E-state index in [0.717, 1.165) is 9.77 Å². The maximum Gasteiger partial charge on any atom is 0.148 e. The van der Waals surface area contributed by atoms with Crippen LogP contribution in [0.3, 0.4) is 0 Å². The van der Waals surface area contributed by atoms with Gasteiger partial charge in [0.05, 0.1) is 10.1 Å². The molecule has 0 N–H and O–H groups in total. The third kappa shape index (κ3) is 4.12. The van der Waals surface area contributed by atoms with Gasteiger partial charge in [-0.05, 0) is 30.3 Å². The molecule has 0 aliphatic heterocycles. The number of benzene rings is 1. The zero-order valence-electron chi connectivity index (χ0n) is 9.36. The van der Waals surface area contributed by atoms with E-state index in [0.29, 0.717) is 16.5 Å². The van der Waals surface area contributed by atoms with E-state index in [1.165, 1.54) is 35.2 Å². The van der Waals surface area contributed by atoms with E-state index >= 15 is 0 Å². The molecule has 0 fully saturated rings. The van der Waals surface area contributed by atoms with E-state index in [-0.39, 0.29) is 11.6 Å². The highest BCUT2D eigenvalue weighted by molar-refractivity contribution is 8.00. The molecule has 1 heterocycles. The Morgan fingerprint density at radius 1 is 1.33 bits per heavy atom. The van der Waals surface area contributed by atoms with Crippen molar-refractivity contribution in [2.45, 2.75) is 11.3 Å².